The molecule has 2 aromatic carbocycles. The maximum absolute atomic E-state index is 13.1. The van der Waals surface area contributed by atoms with E-state index in [1.54, 1.807) is 12.1 Å². The van der Waals surface area contributed by atoms with E-state index in [0.29, 0.717) is 17.7 Å². The molecule has 174 valence electrons. The van der Waals surface area contributed by atoms with Crippen LogP contribution in [-0.2, 0) is 10.0 Å². The highest BCUT2D eigenvalue weighted by atomic mass is 32.2. The van der Waals surface area contributed by atoms with E-state index >= 15 is 0 Å². The summed E-state index contributed by atoms with van der Waals surface area (Å²) in [6.45, 7) is 6.01. The predicted octanol–water partition coefficient (Wildman–Crippen LogP) is 4.46. The van der Waals surface area contributed by atoms with Crippen LogP contribution in [0.3, 0.4) is 0 Å². The van der Waals surface area contributed by atoms with Gasteiger partial charge in [-0.2, -0.15) is 0 Å². The first-order valence-corrected chi connectivity index (χ1v) is 13.1. The summed E-state index contributed by atoms with van der Waals surface area (Å²) in [4.78, 5) is 12.4. The second-order valence-electron chi connectivity index (χ2n) is 8.10. The van der Waals surface area contributed by atoms with Crippen molar-refractivity contribution in [3.63, 3.8) is 0 Å². The van der Waals surface area contributed by atoms with E-state index in [-0.39, 0.29) is 15.4 Å². The van der Waals surface area contributed by atoms with Crippen LogP contribution in [-0.4, -0.2) is 30.1 Å². The maximum atomic E-state index is 13.1. The van der Waals surface area contributed by atoms with Gasteiger partial charge in [0.1, 0.15) is 11.4 Å². The molecule has 2 heterocycles. The first-order valence-electron chi connectivity index (χ1n) is 10.8. The van der Waals surface area contributed by atoms with E-state index in [0.717, 1.165) is 35.3 Å². The van der Waals surface area contributed by atoms with Crippen LogP contribution < -0.4 is 14.8 Å². The number of ether oxygens (including phenoxy) is 1. The number of sulfonamides is 1. The zero-order chi connectivity index (χ0) is 23.6. The molecular formula is C23H26N4O4S2. The van der Waals surface area contributed by atoms with Gasteiger partial charge in [0, 0.05) is 17.5 Å². The molecule has 4 rings (SSSR count). The molecule has 1 aliphatic heterocycles. The van der Waals surface area contributed by atoms with Crippen molar-refractivity contribution in [1.82, 2.24) is 14.9 Å². The largest absolute Gasteiger partial charge is 0.487 e. The van der Waals surface area contributed by atoms with Gasteiger partial charge in [-0.3, -0.25) is 10.1 Å². The van der Waals surface area contributed by atoms with E-state index in [9.17, 15) is 13.2 Å². The molecule has 1 aromatic heterocycles. The van der Waals surface area contributed by atoms with E-state index in [1.807, 2.05) is 57.2 Å². The Kier molecular flexibility index (Phi) is 6.51. The number of para-hydroxylation sites is 1. The van der Waals surface area contributed by atoms with Crippen LogP contribution in [0, 0.1) is 6.92 Å². The second kappa shape index (κ2) is 9.20. The Morgan fingerprint density at radius 3 is 2.52 bits per heavy atom. The van der Waals surface area contributed by atoms with Crippen molar-refractivity contribution in [3.8, 4) is 5.75 Å². The lowest BCUT2D eigenvalue weighted by molar-refractivity contribution is 0.0260. The quantitative estimate of drug-likeness (QED) is 0.477. The zero-order valence-corrected chi connectivity index (χ0v) is 20.3. The van der Waals surface area contributed by atoms with Crippen molar-refractivity contribution in [3.05, 3.63) is 65.2 Å². The van der Waals surface area contributed by atoms with Gasteiger partial charge >= 0.3 is 0 Å². The summed E-state index contributed by atoms with van der Waals surface area (Å²) in [5.74, 6) is 0.306. The van der Waals surface area contributed by atoms with Gasteiger partial charge < -0.3 is 4.74 Å². The Morgan fingerprint density at radius 2 is 1.82 bits per heavy atom. The third-order valence-corrected chi connectivity index (χ3v) is 8.63. The summed E-state index contributed by atoms with van der Waals surface area (Å²) in [5.41, 5.74) is 1.82. The smallest absolute Gasteiger partial charge is 0.270 e. The zero-order valence-electron chi connectivity index (χ0n) is 18.7. The molecule has 3 aromatic rings. The number of aryl methyl sites for hydroxylation is 1. The molecule has 0 unspecified atom stereocenters. The molecule has 1 amide bonds. The van der Waals surface area contributed by atoms with E-state index in [2.05, 4.69) is 20.2 Å². The van der Waals surface area contributed by atoms with E-state index < -0.39 is 21.7 Å². The summed E-state index contributed by atoms with van der Waals surface area (Å²) in [6, 6.07) is 14.0. The molecule has 0 spiro atoms. The van der Waals surface area contributed by atoms with E-state index in [1.165, 1.54) is 0 Å². The number of hydrogen-bond acceptors (Lipinski definition) is 7. The number of amides is 1. The van der Waals surface area contributed by atoms with Crippen LogP contribution in [0.2, 0.25) is 0 Å². The Hall–Kier alpha value is -2.82. The third kappa shape index (κ3) is 4.92. The van der Waals surface area contributed by atoms with Crippen LogP contribution >= 0.6 is 11.3 Å². The Balaban J connectivity index is 1.54. The standard InChI is InChI=1S/C23H26N4O4S2/c1-4-23(5-2)14-18(17-8-6-7-9-19(17)31-23)27-33(29,30)22-26-25-21(32-22)24-20(28)16-12-10-15(3)11-13-16/h6-13,18,27H,4-5,14H2,1-3H3,(H,24,25,28)/t18-/m0/s1. The van der Waals surface area contributed by atoms with Gasteiger partial charge in [-0.15, -0.1) is 10.2 Å². The number of rotatable bonds is 7. The Labute approximate surface area is 197 Å². The first kappa shape index (κ1) is 23.3. The summed E-state index contributed by atoms with van der Waals surface area (Å²) in [7, 11) is -3.97. The topological polar surface area (TPSA) is 110 Å². The fraction of sp³-hybridized carbons (Fsp3) is 0.348. The number of carbonyl (C=O) groups excluding carboxylic acids is 1. The monoisotopic (exact) mass is 486 g/mol. The third-order valence-electron chi connectivity index (χ3n) is 5.95. The summed E-state index contributed by atoms with van der Waals surface area (Å²) in [5, 5.41) is 10.4. The number of anilines is 1. The second-order valence-corrected chi connectivity index (χ2v) is 11.0. The predicted molar refractivity (Wildman–Crippen MR) is 127 cm³/mol. The minimum absolute atomic E-state index is 0.116. The molecule has 0 aliphatic carbocycles. The summed E-state index contributed by atoms with van der Waals surface area (Å²) in [6.07, 6.45) is 2.01. The molecule has 1 atom stereocenters. The highest BCUT2D eigenvalue weighted by Crippen LogP contribution is 2.43. The van der Waals surface area contributed by atoms with Crippen LogP contribution in [0.4, 0.5) is 5.13 Å². The Morgan fingerprint density at radius 1 is 1.12 bits per heavy atom. The van der Waals surface area contributed by atoms with Crippen LogP contribution in [0.15, 0.2) is 52.9 Å². The molecule has 0 saturated heterocycles. The maximum Gasteiger partial charge on any atom is 0.270 e. The average Bonchev–Trinajstić information content (AvgIpc) is 3.28. The molecular weight excluding hydrogens is 460 g/mol. The number of benzene rings is 2. The minimum Gasteiger partial charge on any atom is -0.487 e. The summed E-state index contributed by atoms with van der Waals surface area (Å²) < 4.78 is 35.1. The lowest BCUT2D eigenvalue weighted by atomic mass is 9.84. The molecule has 1 aliphatic rings. The van der Waals surface area contributed by atoms with Crippen molar-refractivity contribution in [2.45, 2.75) is 56.0 Å². The van der Waals surface area contributed by atoms with Gasteiger partial charge in [0.2, 0.25) is 9.47 Å². The van der Waals surface area contributed by atoms with Gasteiger partial charge in [0.25, 0.3) is 15.9 Å². The van der Waals surface area contributed by atoms with Gasteiger partial charge in [-0.1, -0.05) is 61.1 Å². The van der Waals surface area contributed by atoms with Gasteiger partial charge in [0.15, 0.2) is 0 Å². The number of nitrogens with one attached hydrogen (secondary N) is 2. The van der Waals surface area contributed by atoms with Crippen molar-refractivity contribution >= 4 is 32.4 Å². The SMILES string of the molecule is CCC1(CC)C[C@H](NS(=O)(=O)c2nnc(NC(=O)c3ccc(C)cc3)s2)c2ccccc2O1. The molecule has 10 heteroatoms. The highest BCUT2D eigenvalue weighted by Gasteiger charge is 2.40. The van der Waals surface area contributed by atoms with Gasteiger partial charge in [-0.05, 0) is 38.0 Å². The number of fused-ring (bicyclic) bond motifs is 1. The van der Waals surface area contributed by atoms with Crippen molar-refractivity contribution < 1.29 is 17.9 Å². The number of aromatic nitrogens is 2. The number of carbonyl (C=O) groups is 1. The van der Waals surface area contributed by atoms with Crippen molar-refractivity contribution in [1.29, 1.82) is 0 Å². The fourth-order valence-corrected chi connectivity index (χ4v) is 6.01. The van der Waals surface area contributed by atoms with Crippen molar-refractivity contribution in [2.24, 2.45) is 0 Å². The molecule has 8 nitrogen and oxygen atoms in total. The number of nitrogens with zero attached hydrogens (tertiary/aromatic N) is 2. The van der Waals surface area contributed by atoms with Gasteiger partial charge in [0.05, 0.1) is 6.04 Å². The van der Waals surface area contributed by atoms with Crippen LogP contribution in [0.1, 0.15) is 60.6 Å². The van der Waals surface area contributed by atoms with Crippen LogP contribution in [0.25, 0.3) is 0 Å². The summed E-state index contributed by atoms with van der Waals surface area (Å²) >= 11 is 0.811. The molecule has 0 bridgehead atoms. The van der Waals surface area contributed by atoms with Crippen LogP contribution in [0.5, 0.6) is 5.75 Å². The number of hydrogen-bond donors (Lipinski definition) is 2. The van der Waals surface area contributed by atoms with Gasteiger partial charge in [-0.25, -0.2) is 13.1 Å². The average molecular weight is 487 g/mol. The molecule has 0 radical (unpaired) electrons. The minimum atomic E-state index is -3.97. The van der Waals surface area contributed by atoms with Crippen molar-refractivity contribution in [2.75, 3.05) is 5.32 Å². The first-order chi connectivity index (χ1) is 15.7. The molecule has 0 saturated carbocycles. The molecule has 0 fully saturated rings. The lowest BCUT2D eigenvalue weighted by Crippen LogP contribution is -2.44. The van der Waals surface area contributed by atoms with E-state index in [4.69, 9.17) is 4.74 Å². The molecule has 2 N–H and O–H groups in total. The fourth-order valence-electron chi connectivity index (χ4n) is 3.89. The molecule has 33 heavy (non-hydrogen) atoms. The highest BCUT2D eigenvalue weighted by molar-refractivity contribution is 7.91. The lowest BCUT2D eigenvalue weighted by Gasteiger charge is -2.41. The normalized spacial score (nSPS) is 17.1. The Bertz CT molecular complexity index is 1250.